The highest BCUT2D eigenvalue weighted by atomic mass is 16.5. The Bertz CT molecular complexity index is 425. The van der Waals surface area contributed by atoms with E-state index in [9.17, 15) is 0 Å². The summed E-state index contributed by atoms with van der Waals surface area (Å²) in [5.41, 5.74) is 1.05. The molecule has 0 amide bonds. The van der Waals surface area contributed by atoms with Crippen LogP contribution in [0.25, 0.3) is 0 Å². The summed E-state index contributed by atoms with van der Waals surface area (Å²) in [5.74, 6) is 0.585. The van der Waals surface area contributed by atoms with E-state index in [2.05, 4.69) is 26.3 Å². The molecule has 7 nitrogen and oxygen atoms in total. The van der Waals surface area contributed by atoms with Crippen molar-refractivity contribution in [2.75, 3.05) is 52.5 Å². The monoisotopic (exact) mass is 295 g/mol. The molecule has 2 aliphatic heterocycles. The normalized spacial score (nSPS) is 24.7. The lowest BCUT2D eigenvalue weighted by molar-refractivity contribution is 0.107. The van der Waals surface area contributed by atoms with Gasteiger partial charge in [0.05, 0.1) is 18.9 Å². The quantitative estimate of drug-likeness (QED) is 0.758. The Morgan fingerprint density at radius 3 is 2.76 bits per heavy atom. The van der Waals surface area contributed by atoms with Crippen molar-refractivity contribution in [3.63, 3.8) is 0 Å². The summed E-state index contributed by atoms with van der Waals surface area (Å²) in [4.78, 5) is 4.70. The zero-order valence-electron chi connectivity index (χ0n) is 12.5. The number of hydrogen-bond donors (Lipinski definition) is 1. The smallest absolute Gasteiger partial charge is 0.0967 e. The molecular weight excluding hydrogens is 270 g/mol. The molecule has 3 rings (SSSR count). The van der Waals surface area contributed by atoms with Crippen molar-refractivity contribution in [1.82, 2.24) is 24.8 Å². The van der Waals surface area contributed by atoms with Crippen molar-refractivity contribution < 1.29 is 9.84 Å². The molecule has 1 aromatic heterocycles. The van der Waals surface area contributed by atoms with Gasteiger partial charge in [0, 0.05) is 64.5 Å². The number of rotatable bonds is 6. The summed E-state index contributed by atoms with van der Waals surface area (Å²) < 4.78 is 7.35. The highest BCUT2D eigenvalue weighted by Crippen LogP contribution is 2.14. The summed E-state index contributed by atoms with van der Waals surface area (Å²) >= 11 is 0. The minimum Gasteiger partial charge on any atom is -0.395 e. The van der Waals surface area contributed by atoms with E-state index >= 15 is 0 Å². The van der Waals surface area contributed by atoms with Crippen molar-refractivity contribution in [3.05, 3.63) is 11.9 Å². The number of ether oxygens (including phenoxy) is 1. The van der Waals surface area contributed by atoms with Gasteiger partial charge < -0.3 is 9.84 Å². The molecule has 2 fully saturated rings. The predicted molar refractivity (Wildman–Crippen MR) is 77.8 cm³/mol. The van der Waals surface area contributed by atoms with Gasteiger partial charge in [0.1, 0.15) is 0 Å². The van der Waals surface area contributed by atoms with Crippen molar-refractivity contribution in [1.29, 1.82) is 0 Å². The van der Waals surface area contributed by atoms with E-state index in [-0.39, 0.29) is 6.61 Å². The molecule has 21 heavy (non-hydrogen) atoms. The molecule has 1 atom stereocenters. The van der Waals surface area contributed by atoms with Gasteiger partial charge in [-0.25, -0.2) is 0 Å². The fourth-order valence-electron chi connectivity index (χ4n) is 3.03. The Morgan fingerprint density at radius 2 is 2.05 bits per heavy atom. The standard InChI is InChI=1S/C14H25N5O2/c20-7-6-17-2-4-18(5-3-17)10-14-11-19(16-15-14)9-13-1-8-21-12-13/h11,13,20H,1-10,12H2. The van der Waals surface area contributed by atoms with Gasteiger partial charge in [0.2, 0.25) is 0 Å². The van der Waals surface area contributed by atoms with Gasteiger partial charge in [-0.3, -0.25) is 14.5 Å². The highest BCUT2D eigenvalue weighted by Gasteiger charge is 2.19. The molecule has 2 aliphatic rings. The maximum atomic E-state index is 8.95. The minimum atomic E-state index is 0.249. The van der Waals surface area contributed by atoms with Crippen LogP contribution < -0.4 is 0 Å². The summed E-state index contributed by atoms with van der Waals surface area (Å²) in [6.45, 7) is 8.65. The third-order valence-electron chi connectivity index (χ3n) is 4.32. The van der Waals surface area contributed by atoms with Crippen molar-refractivity contribution in [2.45, 2.75) is 19.5 Å². The summed E-state index contributed by atoms with van der Waals surface area (Å²) in [7, 11) is 0. The number of piperazine rings is 1. The average Bonchev–Trinajstić information content (AvgIpc) is 3.14. The van der Waals surface area contributed by atoms with E-state index in [1.807, 2.05) is 4.68 Å². The summed E-state index contributed by atoms with van der Waals surface area (Å²) in [6, 6.07) is 0. The first-order valence-corrected chi connectivity index (χ1v) is 7.86. The summed E-state index contributed by atoms with van der Waals surface area (Å²) in [6.07, 6.45) is 3.19. The van der Waals surface area contributed by atoms with Crippen LogP contribution in [0.2, 0.25) is 0 Å². The van der Waals surface area contributed by atoms with E-state index in [1.54, 1.807) is 0 Å². The third-order valence-corrected chi connectivity index (χ3v) is 4.32. The van der Waals surface area contributed by atoms with Crippen LogP contribution >= 0.6 is 0 Å². The first kappa shape index (κ1) is 14.9. The Hall–Kier alpha value is -1.02. The zero-order valence-corrected chi connectivity index (χ0v) is 12.5. The zero-order chi connectivity index (χ0) is 14.5. The van der Waals surface area contributed by atoms with Crippen LogP contribution in [0, 0.1) is 5.92 Å². The van der Waals surface area contributed by atoms with E-state index < -0.39 is 0 Å². The van der Waals surface area contributed by atoms with Crippen LogP contribution in [0.5, 0.6) is 0 Å². The molecule has 1 N–H and O–H groups in total. The predicted octanol–water partition coefficient (Wildman–Crippen LogP) is -0.575. The molecule has 0 saturated carbocycles. The fourth-order valence-corrected chi connectivity index (χ4v) is 3.03. The van der Waals surface area contributed by atoms with Gasteiger partial charge in [-0.2, -0.15) is 0 Å². The maximum Gasteiger partial charge on any atom is 0.0967 e. The summed E-state index contributed by atoms with van der Waals surface area (Å²) in [5, 5.41) is 17.5. The van der Waals surface area contributed by atoms with Gasteiger partial charge in [-0.1, -0.05) is 5.21 Å². The first-order valence-electron chi connectivity index (χ1n) is 7.86. The van der Waals surface area contributed by atoms with Gasteiger partial charge in [0.25, 0.3) is 0 Å². The number of aliphatic hydroxyl groups excluding tert-OH is 1. The Morgan fingerprint density at radius 1 is 1.24 bits per heavy atom. The van der Waals surface area contributed by atoms with E-state index in [0.29, 0.717) is 5.92 Å². The molecule has 1 aromatic rings. The molecule has 1 unspecified atom stereocenters. The van der Waals surface area contributed by atoms with Crippen molar-refractivity contribution >= 4 is 0 Å². The van der Waals surface area contributed by atoms with Crippen LogP contribution in [0.4, 0.5) is 0 Å². The maximum absolute atomic E-state index is 8.95. The van der Waals surface area contributed by atoms with E-state index in [0.717, 1.165) is 71.1 Å². The number of aliphatic hydroxyl groups is 1. The molecule has 0 aromatic carbocycles. The van der Waals surface area contributed by atoms with Crippen LogP contribution in [-0.2, 0) is 17.8 Å². The van der Waals surface area contributed by atoms with Crippen molar-refractivity contribution in [3.8, 4) is 0 Å². The Kier molecular flexibility index (Phi) is 5.18. The second-order valence-electron chi connectivity index (χ2n) is 6.00. The molecule has 3 heterocycles. The lowest BCUT2D eigenvalue weighted by Gasteiger charge is -2.33. The number of hydrogen-bond acceptors (Lipinski definition) is 6. The van der Waals surface area contributed by atoms with Crippen LogP contribution in [0.1, 0.15) is 12.1 Å². The topological polar surface area (TPSA) is 66.7 Å². The molecule has 2 saturated heterocycles. The molecule has 118 valence electrons. The van der Waals surface area contributed by atoms with Crippen LogP contribution in [0.3, 0.4) is 0 Å². The van der Waals surface area contributed by atoms with Crippen LogP contribution in [-0.4, -0.2) is 82.4 Å². The second kappa shape index (κ2) is 7.31. The minimum absolute atomic E-state index is 0.249. The largest absolute Gasteiger partial charge is 0.395 e. The molecular formula is C14H25N5O2. The van der Waals surface area contributed by atoms with Gasteiger partial charge in [-0.05, 0) is 6.42 Å². The van der Waals surface area contributed by atoms with Gasteiger partial charge in [-0.15, -0.1) is 5.10 Å². The SMILES string of the molecule is OCCN1CCN(Cc2cn(CC3CCOC3)nn2)CC1. The molecule has 0 spiro atoms. The molecule has 0 bridgehead atoms. The average molecular weight is 295 g/mol. The number of β-amino-alcohol motifs (C(OH)–C–C–N with tert-alkyl or cyclic N) is 1. The molecule has 0 aliphatic carbocycles. The third kappa shape index (κ3) is 4.23. The highest BCUT2D eigenvalue weighted by molar-refractivity contribution is 4.93. The van der Waals surface area contributed by atoms with Crippen LogP contribution in [0.15, 0.2) is 6.20 Å². The Labute approximate surface area is 125 Å². The fraction of sp³-hybridized carbons (Fsp3) is 0.857. The first-order chi connectivity index (χ1) is 10.3. The number of aromatic nitrogens is 3. The van der Waals surface area contributed by atoms with E-state index in [1.165, 1.54) is 0 Å². The van der Waals surface area contributed by atoms with Gasteiger partial charge >= 0.3 is 0 Å². The Balaban J connectivity index is 1.44. The lowest BCUT2D eigenvalue weighted by Crippen LogP contribution is -2.46. The molecule has 0 radical (unpaired) electrons. The molecule has 7 heteroatoms. The van der Waals surface area contributed by atoms with E-state index in [4.69, 9.17) is 9.84 Å². The van der Waals surface area contributed by atoms with Crippen molar-refractivity contribution in [2.24, 2.45) is 5.92 Å². The number of nitrogens with zero attached hydrogens (tertiary/aromatic N) is 5. The van der Waals surface area contributed by atoms with Gasteiger partial charge in [0.15, 0.2) is 0 Å². The lowest BCUT2D eigenvalue weighted by atomic mass is 10.1. The second-order valence-corrected chi connectivity index (χ2v) is 6.00.